The third kappa shape index (κ3) is 2.88. The normalized spacial score (nSPS) is 38.1. The van der Waals surface area contributed by atoms with Crippen molar-refractivity contribution in [1.82, 2.24) is 0 Å². The smallest absolute Gasteiger partial charge is 0.312 e. The number of rotatable bonds is 3. The Morgan fingerprint density at radius 2 is 1.50 bits per heavy atom. The van der Waals surface area contributed by atoms with Gasteiger partial charge in [0, 0.05) is 7.11 Å². The molecule has 3 nitrogen and oxygen atoms in total. The minimum absolute atomic E-state index is 0.0342. The number of hydrogen-bond donors (Lipinski definition) is 1. The summed E-state index contributed by atoms with van der Waals surface area (Å²) >= 11 is 0. The van der Waals surface area contributed by atoms with E-state index in [1.807, 2.05) is 13.8 Å². The maximum absolute atomic E-state index is 12.4. The van der Waals surface area contributed by atoms with Gasteiger partial charge in [0.1, 0.15) is 5.60 Å². The topological polar surface area (TPSA) is 46.5 Å². The van der Waals surface area contributed by atoms with Crippen LogP contribution in [0.4, 0.5) is 0 Å². The fourth-order valence-corrected chi connectivity index (χ4v) is 4.64. The predicted octanol–water partition coefficient (Wildman–Crippen LogP) is 3.54. The zero-order chi connectivity index (χ0) is 15.0. The van der Waals surface area contributed by atoms with E-state index >= 15 is 0 Å². The van der Waals surface area contributed by atoms with E-state index in [9.17, 15) is 4.79 Å². The highest BCUT2D eigenvalue weighted by Gasteiger charge is 2.53. The summed E-state index contributed by atoms with van der Waals surface area (Å²) in [4.78, 5) is 12.4. The van der Waals surface area contributed by atoms with E-state index in [2.05, 4.69) is 6.92 Å². The molecule has 0 heterocycles. The van der Waals surface area contributed by atoms with Crippen LogP contribution in [0.2, 0.25) is 0 Å². The largest absolute Gasteiger partial charge is 0.459 e. The summed E-state index contributed by atoms with van der Waals surface area (Å²) in [6.07, 6.45) is 8.48. The number of aliphatic hydroxyl groups excluding tert-OH is 1. The average molecular weight is 282 g/mol. The van der Waals surface area contributed by atoms with Gasteiger partial charge in [-0.2, -0.15) is 0 Å². The van der Waals surface area contributed by atoms with Crippen LogP contribution in [0, 0.1) is 23.2 Å². The summed E-state index contributed by atoms with van der Waals surface area (Å²) in [7, 11) is 1.00. The zero-order valence-corrected chi connectivity index (χ0v) is 13.4. The van der Waals surface area contributed by atoms with Crippen LogP contribution in [0.5, 0.6) is 0 Å². The minimum Gasteiger partial charge on any atom is -0.459 e. The predicted molar refractivity (Wildman–Crippen MR) is 79.2 cm³/mol. The molecule has 116 valence electrons. The van der Waals surface area contributed by atoms with Gasteiger partial charge >= 0.3 is 5.97 Å². The van der Waals surface area contributed by atoms with Crippen LogP contribution in [0.3, 0.4) is 0 Å². The molecule has 0 aromatic carbocycles. The Balaban J connectivity index is 0.000000704. The quantitative estimate of drug-likeness (QED) is 0.805. The van der Waals surface area contributed by atoms with Crippen LogP contribution in [-0.4, -0.2) is 23.8 Å². The molecule has 4 aliphatic rings. The third-order valence-corrected chi connectivity index (χ3v) is 5.73. The molecule has 4 bridgehead atoms. The minimum atomic E-state index is -0.316. The highest BCUT2D eigenvalue weighted by atomic mass is 16.6. The first-order chi connectivity index (χ1) is 9.42. The number of aliphatic hydroxyl groups is 1. The molecule has 0 atom stereocenters. The second-order valence-corrected chi connectivity index (χ2v) is 7.73. The Hall–Kier alpha value is -0.570. The van der Waals surface area contributed by atoms with E-state index < -0.39 is 0 Å². The van der Waals surface area contributed by atoms with Crippen molar-refractivity contribution in [1.29, 1.82) is 0 Å². The van der Waals surface area contributed by atoms with Crippen LogP contribution in [0.1, 0.15) is 65.7 Å². The molecule has 0 saturated heterocycles. The number of ether oxygens (including phenoxy) is 1. The maximum atomic E-state index is 12.4. The van der Waals surface area contributed by atoms with Gasteiger partial charge in [-0.1, -0.05) is 6.92 Å². The molecule has 0 aromatic rings. The van der Waals surface area contributed by atoms with E-state index in [4.69, 9.17) is 9.84 Å². The Bertz CT molecular complexity index is 324. The second-order valence-electron chi connectivity index (χ2n) is 7.73. The Labute approximate surface area is 123 Å². The van der Waals surface area contributed by atoms with E-state index in [0.29, 0.717) is 0 Å². The summed E-state index contributed by atoms with van der Waals surface area (Å²) in [5.41, 5.74) is -0.387. The van der Waals surface area contributed by atoms with E-state index in [1.54, 1.807) is 0 Å². The molecule has 0 amide bonds. The van der Waals surface area contributed by atoms with Crippen molar-refractivity contribution in [2.75, 3.05) is 7.11 Å². The number of carbonyl (C=O) groups excluding carboxylic acids is 1. The molecule has 0 spiro atoms. The highest BCUT2D eigenvalue weighted by Crippen LogP contribution is 2.57. The van der Waals surface area contributed by atoms with Gasteiger partial charge in [-0.15, -0.1) is 0 Å². The lowest BCUT2D eigenvalue weighted by atomic mass is 9.54. The fraction of sp³-hybridized carbons (Fsp3) is 0.941. The molecule has 3 heteroatoms. The van der Waals surface area contributed by atoms with Crippen LogP contribution in [0.15, 0.2) is 0 Å². The molecule has 4 saturated carbocycles. The molecule has 4 aliphatic carbocycles. The summed E-state index contributed by atoms with van der Waals surface area (Å²) in [6, 6.07) is 0. The number of esters is 1. The van der Waals surface area contributed by atoms with Gasteiger partial charge in [0.25, 0.3) is 0 Å². The van der Waals surface area contributed by atoms with Gasteiger partial charge in [-0.25, -0.2) is 0 Å². The van der Waals surface area contributed by atoms with Crippen molar-refractivity contribution in [3.05, 3.63) is 0 Å². The SMILES string of the molecule is CCC(C)(C)C(=O)OC12CC3CC(CC(C3)C1)C2.CO. The Kier molecular flexibility index (Phi) is 4.48. The van der Waals surface area contributed by atoms with Gasteiger partial charge in [-0.05, 0) is 76.5 Å². The highest BCUT2D eigenvalue weighted by molar-refractivity contribution is 5.76. The van der Waals surface area contributed by atoms with E-state index in [1.165, 1.54) is 19.3 Å². The molecule has 4 fully saturated rings. The van der Waals surface area contributed by atoms with Crippen molar-refractivity contribution in [3.8, 4) is 0 Å². The molecule has 0 radical (unpaired) electrons. The van der Waals surface area contributed by atoms with Gasteiger partial charge in [0.05, 0.1) is 5.41 Å². The van der Waals surface area contributed by atoms with Crippen molar-refractivity contribution >= 4 is 5.97 Å². The summed E-state index contributed by atoms with van der Waals surface area (Å²) in [6.45, 7) is 6.09. The van der Waals surface area contributed by atoms with Crippen LogP contribution in [-0.2, 0) is 9.53 Å². The van der Waals surface area contributed by atoms with Gasteiger partial charge in [0.2, 0.25) is 0 Å². The first-order valence-electron chi connectivity index (χ1n) is 8.11. The van der Waals surface area contributed by atoms with Gasteiger partial charge in [0.15, 0.2) is 0 Å². The van der Waals surface area contributed by atoms with Crippen LogP contribution in [0.25, 0.3) is 0 Å². The van der Waals surface area contributed by atoms with Gasteiger partial charge < -0.3 is 9.84 Å². The molecular formula is C17H30O3. The molecule has 4 rings (SSSR count). The molecular weight excluding hydrogens is 252 g/mol. The Morgan fingerprint density at radius 3 is 1.85 bits per heavy atom. The first kappa shape index (κ1) is 15.8. The molecule has 20 heavy (non-hydrogen) atoms. The lowest BCUT2D eigenvalue weighted by Crippen LogP contribution is -2.53. The Morgan fingerprint density at radius 1 is 1.10 bits per heavy atom. The van der Waals surface area contributed by atoms with Crippen molar-refractivity contribution < 1.29 is 14.6 Å². The van der Waals surface area contributed by atoms with E-state index in [-0.39, 0.29) is 17.0 Å². The molecule has 1 N–H and O–H groups in total. The molecule has 0 aromatic heterocycles. The fourth-order valence-electron chi connectivity index (χ4n) is 4.64. The summed E-state index contributed by atoms with van der Waals surface area (Å²) in [5.74, 6) is 2.56. The van der Waals surface area contributed by atoms with Gasteiger partial charge in [-0.3, -0.25) is 4.79 Å². The second kappa shape index (κ2) is 5.67. The average Bonchev–Trinajstić information content (AvgIpc) is 2.38. The summed E-state index contributed by atoms with van der Waals surface area (Å²) in [5, 5.41) is 7.00. The van der Waals surface area contributed by atoms with Crippen LogP contribution < -0.4 is 0 Å². The monoisotopic (exact) mass is 282 g/mol. The van der Waals surface area contributed by atoms with Crippen LogP contribution >= 0.6 is 0 Å². The number of hydrogen-bond acceptors (Lipinski definition) is 3. The standard InChI is InChI=1S/C16H26O2.CH4O/c1-4-15(2,3)14(17)18-16-8-11-5-12(9-16)7-13(6-11)10-16;1-2/h11-13H,4-10H2,1-3H3;2H,1H3. The lowest BCUT2D eigenvalue weighted by Gasteiger charge is -2.56. The first-order valence-corrected chi connectivity index (χ1v) is 8.11. The maximum Gasteiger partial charge on any atom is 0.312 e. The zero-order valence-electron chi connectivity index (χ0n) is 13.4. The molecule has 0 aliphatic heterocycles. The van der Waals surface area contributed by atoms with Crippen molar-refractivity contribution in [2.45, 2.75) is 71.3 Å². The van der Waals surface area contributed by atoms with E-state index in [0.717, 1.165) is 50.5 Å². The number of carbonyl (C=O) groups is 1. The van der Waals surface area contributed by atoms with Crippen molar-refractivity contribution in [3.63, 3.8) is 0 Å². The summed E-state index contributed by atoms with van der Waals surface area (Å²) < 4.78 is 6.07. The third-order valence-electron chi connectivity index (χ3n) is 5.73. The lowest BCUT2D eigenvalue weighted by molar-refractivity contribution is -0.195. The molecule has 0 unspecified atom stereocenters. The van der Waals surface area contributed by atoms with Crippen molar-refractivity contribution in [2.24, 2.45) is 23.2 Å².